The minimum Gasteiger partial charge on any atom is -0.395 e. The fourth-order valence-corrected chi connectivity index (χ4v) is 2.15. The number of fused-ring (bicyclic) bond motifs is 1. The number of nitrogens with one attached hydrogen (secondary N) is 2. The summed E-state index contributed by atoms with van der Waals surface area (Å²) in [6.07, 6.45) is -2.27. The van der Waals surface area contributed by atoms with E-state index in [9.17, 15) is 13.6 Å². The largest absolute Gasteiger partial charge is 0.586 e. The average molecular weight is 356 g/mol. The van der Waals surface area contributed by atoms with Crippen molar-refractivity contribution in [3.05, 3.63) is 41.6 Å². The van der Waals surface area contributed by atoms with Gasteiger partial charge in [0.05, 0.1) is 5.02 Å². The number of halogens is 3. The second-order valence-corrected chi connectivity index (χ2v) is 5.48. The van der Waals surface area contributed by atoms with Crippen molar-refractivity contribution in [2.45, 2.75) is 19.3 Å². The molecule has 1 atom stereocenters. The third-order valence-corrected chi connectivity index (χ3v) is 3.38. The fourth-order valence-electron chi connectivity index (χ4n) is 2.04. The number of alkyl halides is 2. The highest BCUT2D eigenvalue weighted by atomic mass is 35.5. The fraction of sp³-hybridized carbons (Fsp3) is 0.200. The van der Waals surface area contributed by atoms with Gasteiger partial charge in [-0.2, -0.15) is 0 Å². The van der Waals surface area contributed by atoms with E-state index in [-0.39, 0.29) is 17.4 Å². The molecule has 126 valence electrons. The van der Waals surface area contributed by atoms with E-state index >= 15 is 0 Å². The Bertz CT molecular complexity index is 771. The first-order chi connectivity index (χ1) is 11.3. The number of pyridine rings is 1. The van der Waals surface area contributed by atoms with Crippen molar-refractivity contribution in [1.82, 2.24) is 4.98 Å². The topological polar surface area (TPSA) is 72.5 Å². The molecule has 9 heteroatoms. The van der Waals surface area contributed by atoms with Crippen molar-refractivity contribution in [2.24, 2.45) is 0 Å². The Morgan fingerprint density at radius 2 is 2.00 bits per heavy atom. The summed E-state index contributed by atoms with van der Waals surface area (Å²) in [6, 6.07) is 6.69. The maximum atomic E-state index is 13.0. The van der Waals surface area contributed by atoms with Crippen LogP contribution in [0.3, 0.4) is 0 Å². The number of carbonyl (C=O) groups excluding carboxylic acids is 1. The van der Waals surface area contributed by atoms with Crippen molar-refractivity contribution in [1.29, 1.82) is 0 Å². The van der Waals surface area contributed by atoms with Gasteiger partial charge in [0.1, 0.15) is 11.9 Å². The Hall–Kier alpha value is -2.61. The molecule has 0 radical (unpaired) electrons. The molecule has 0 spiro atoms. The number of nitrogens with zero attached hydrogens (tertiary/aromatic N) is 1. The van der Waals surface area contributed by atoms with E-state index in [1.165, 1.54) is 24.4 Å². The predicted molar refractivity (Wildman–Crippen MR) is 83.6 cm³/mol. The molecule has 1 aromatic heterocycles. The first-order valence-corrected chi connectivity index (χ1v) is 7.29. The van der Waals surface area contributed by atoms with Gasteiger partial charge in [-0.05, 0) is 31.2 Å². The Labute approximate surface area is 140 Å². The van der Waals surface area contributed by atoms with E-state index in [1.807, 2.05) is 0 Å². The minimum absolute atomic E-state index is 0.0620. The van der Waals surface area contributed by atoms with E-state index in [4.69, 9.17) is 11.6 Å². The van der Waals surface area contributed by atoms with Crippen LogP contribution < -0.4 is 20.1 Å². The molecule has 1 amide bonds. The second-order valence-electron chi connectivity index (χ2n) is 5.05. The number of ether oxygens (including phenoxy) is 2. The van der Waals surface area contributed by atoms with Crippen molar-refractivity contribution in [2.75, 3.05) is 10.6 Å². The summed E-state index contributed by atoms with van der Waals surface area (Å²) in [5.74, 6) is -0.166. The number of amides is 1. The SMILES string of the molecule is C[C@@H](Nc1ccc2c(c1)OC(F)(F)O2)C(=O)Nc1ccc(Cl)cn1. The summed E-state index contributed by atoms with van der Waals surface area (Å²) in [4.78, 5) is 16.1. The average Bonchev–Trinajstić information content (AvgIpc) is 2.82. The first-order valence-electron chi connectivity index (χ1n) is 6.91. The molecule has 3 rings (SSSR count). The Morgan fingerprint density at radius 3 is 2.71 bits per heavy atom. The van der Waals surface area contributed by atoms with E-state index < -0.39 is 12.3 Å². The summed E-state index contributed by atoms with van der Waals surface area (Å²) >= 11 is 5.72. The molecule has 0 saturated carbocycles. The summed E-state index contributed by atoms with van der Waals surface area (Å²) in [5, 5.41) is 5.95. The number of benzene rings is 1. The van der Waals surface area contributed by atoms with Gasteiger partial charge in [0, 0.05) is 18.0 Å². The van der Waals surface area contributed by atoms with Gasteiger partial charge in [-0.3, -0.25) is 4.79 Å². The van der Waals surface area contributed by atoms with Gasteiger partial charge >= 0.3 is 6.29 Å². The first kappa shape index (κ1) is 16.3. The molecular weight excluding hydrogens is 344 g/mol. The van der Waals surface area contributed by atoms with Crippen LogP contribution in [-0.2, 0) is 4.79 Å². The summed E-state index contributed by atoms with van der Waals surface area (Å²) in [7, 11) is 0. The third-order valence-electron chi connectivity index (χ3n) is 3.16. The highest BCUT2D eigenvalue weighted by Crippen LogP contribution is 2.42. The van der Waals surface area contributed by atoms with Gasteiger partial charge in [-0.15, -0.1) is 8.78 Å². The molecule has 0 bridgehead atoms. The van der Waals surface area contributed by atoms with Crippen LogP contribution in [0, 0.1) is 0 Å². The smallest absolute Gasteiger partial charge is 0.395 e. The maximum absolute atomic E-state index is 13.0. The molecule has 6 nitrogen and oxygen atoms in total. The van der Waals surface area contributed by atoms with Crippen LogP contribution >= 0.6 is 11.6 Å². The molecular formula is C15H12ClF2N3O3. The van der Waals surface area contributed by atoms with Crippen LogP contribution in [0.25, 0.3) is 0 Å². The Morgan fingerprint density at radius 1 is 1.25 bits per heavy atom. The van der Waals surface area contributed by atoms with Crippen molar-refractivity contribution < 1.29 is 23.0 Å². The van der Waals surface area contributed by atoms with E-state index in [0.717, 1.165) is 0 Å². The van der Waals surface area contributed by atoms with Crippen LogP contribution in [-0.4, -0.2) is 23.2 Å². The predicted octanol–water partition coefficient (Wildman–Crippen LogP) is 3.50. The van der Waals surface area contributed by atoms with Crippen LogP contribution in [0.15, 0.2) is 36.5 Å². The highest BCUT2D eigenvalue weighted by Gasteiger charge is 2.43. The van der Waals surface area contributed by atoms with Gasteiger partial charge < -0.3 is 20.1 Å². The Balaban J connectivity index is 1.63. The molecule has 0 aliphatic carbocycles. The zero-order chi connectivity index (χ0) is 17.3. The molecule has 2 heterocycles. The summed E-state index contributed by atoms with van der Waals surface area (Å²) < 4.78 is 34.6. The van der Waals surface area contributed by atoms with Crippen LogP contribution in [0.2, 0.25) is 5.02 Å². The zero-order valence-corrected chi connectivity index (χ0v) is 13.1. The number of anilines is 2. The van der Waals surface area contributed by atoms with Crippen LogP contribution in [0.5, 0.6) is 11.5 Å². The van der Waals surface area contributed by atoms with Gasteiger partial charge in [0.25, 0.3) is 0 Å². The molecule has 1 aromatic carbocycles. The van der Waals surface area contributed by atoms with Gasteiger partial charge in [-0.1, -0.05) is 11.6 Å². The van der Waals surface area contributed by atoms with Gasteiger partial charge in [-0.25, -0.2) is 4.98 Å². The van der Waals surface area contributed by atoms with Crippen LogP contribution in [0.4, 0.5) is 20.3 Å². The molecule has 24 heavy (non-hydrogen) atoms. The lowest BCUT2D eigenvalue weighted by Gasteiger charge is -2.15. The number of rotatable bonds is 4. The maximum Gasteiger partial charge on any atom is 0.586 e. The molecule has 1 aliphatic rings. The molecule has 0 saturated heterocycles. The molecule has 0 fully saturated rings. The monoisotopic (exact) mass is 355 g/mol. The standard InChI is InChI=1S/C15H12ClF2N3O3/c1-8(14(22)21-13-5-2-9(16)7-19-13)20-10-3-4-11-12(6-10)24-15(17,18)23-11/h2-8,20H,1H3,(H,19,21,22)/t8-/m1/s1. The lowest BCUT2D eigenvalue weighted by atomic mass is 10.2. The molecule has 0 unspecified atom stereocenters. The Kier molecular flexibility index (Phi) is 4.15. The quantitative estimate of drug-likeness (QED) is 0.878. The summed E-state index contributed by atoms with van der Waals surface area (Å²) in [6.45, 7) is 1.62. The van der Waals surface area contributed by atoms with E-state index in [1.54, 1.807) is 19.1 Å². The second kappa shape index (κ2) is 6.12. The van der Waals surface area contributed by atoms with Crippen molar-refractivity contribution in [3.8, 4) is 11.5 Å². The minimum atomic E-state index is -3.68. The lowest BCUT2D eigenvalue weighted by Crippen LogP contribution is -2.32. The summed E-state index contributed by atoms with van der Waals surface area (Å²) in [5.41, 5.74) is 0.432. The van der Waals surface area contributed by atoms with E-state index in [2.05, 4.69) is 25.1 Å². The molecule has 2 aromatic rings. The number of carbonyl (C=O) groups is 1. The van der Waals surface area contributed by atoms with Crippen LogP contribution in [0.1, 0.15) is 6.92 Å². The van der Waals surface area contributed by atoms with Gasteiger partial charge in [0.2, 0.25) is 5.91 Å². The number of hydrogen-bond acceptors (Lipinski definition) is 5. The lowest BCUT2D eigenvalue weighted by molar-refractivity contribution is -0.286. The highest BCUT2D eigenvalue weighted by molar-refractivity contribution is 6.30. The molecule has 2 N–H and O–H groups in total. The number of aromatic nitrogens is 1. The van der Waals surface area contributed by atoms with E-state index in [0.29, 0.717) is 16.5 Å². The zero-order valence-electron chi connectivity index (χ0n) is 12.3. The molecule has 1 aliphatic heterocycles. The third kappa shape index (κ3) is 3.65. The normalized spacial score (nSPS) is 15.7. The van der Waals surface area contributed by atoms with Crippen molar-refractivity contribution >= 4 is 29.0 Å². The number of hydrogen-bond donors (Lipinski definition) is 2. The van der Waals surface area contributed by atoms with Crippen molar-refractivity contribution in [3.63, 3.8) is 0 Å². The van der Waals surface area contributed by atoms with Gasteiger partial charge in [0.15, 0.2) is 11.5 Å².